The van der Waals surface area contributed by atoms with E-state index in [2.05, 4.69) is 38.2 Å². The van der Waals surface area contributed by atoms with Crippen molar-refractivity contribution < 1.29 is 0 Å². The lowest BCUT2D eigenvalue weighted by molar-refractivity contribution is 0.0541. The second-order valence-corrected chi connectivity index (χ2v) is 7.67. The third kappa shape index (κ3) is 3.39. The normalized spacial score (nSPS) is 31.6. The zero-order valence-electron chi connectivity index (χ0n) is 14.3. The molecule has 118 valence electrons. The molecule has 2 aliphatic carbocycles. The van der Waals surface area contributed by atoms with E-state index >= 15 is 0 Å². The van der Waals surface area contributed by atoms with E-state index in [1.807, 2.05) is 0 Å². The van der Waals surface area contributed by atoms with E-state index < -0.39 is 0 Å². The first-order chi connectivity index (χ1) is 9.60. The van der Waals surface area contributed by atoms with Gasteiger partial charge >= 0.3 is 0 Å². The Kier molecular flexibility index (Phi) is 5.92. The van der Waals surface area contributed by atoms with Crippen molar-refractivity contribution in [3.8, 4) is 0 Å². The Labute approximate surface area is 126 Å². The predicted molar refractivity (Wildman–Crippen MR) is 88.1 cm³/mol. The van der Waals surface area contributed by atoms with Crippen LogP contribution in [0.2, 0.25) is 0 Å². The fraction of sp³-hybridized carbons (Fsp3) is 1.00. The van der Waals surface area contributed by atoms with Gasteiger partial charge in [0.05, 0.1) is 0 Å². The van der Waals surface area contributed by atoms with Gasteiger partial charge in [0.1, 0.15) is 0 Å². The Morgan fingerprint density at radius 3 is 2.40 bits per heavy atom. The van der Waals surface area contributed by atoms with Gasteiger partial charge in [0.2, 0.25) is 0 Å². The summed E-state index contributed by atoms with van der Waals surface area (Å²) in [6.45, 7) is 5.94. The van der Waals surface area contributed by atoms with Crippen LogP contribution in [0.1, 0.15) is 71.6 Å². The van der Waals surface area contributed by atoms with E-state index in [1.54, 1.807) is 0 Å². The van der Waals surface area contributed by atoms with Crippen LogP contribution >= 0.6 is 0 Å². The van der Waals surface area contributed by atoms with Gasteiger partial charge in [-0.1, -0.05) is 39.5 Å². The number of rotatable bonds is 6. The maximum atomic E-state index is 3.98. The third-order valence-corrected chi connectivity index (χ3v) is 6.00. The number of likely N-dealkylation sites (N-methyl/N-ethyl adjacent to an activating group) is 1. The molecule has 0 aromatic carbocycles. The van der Waals surface area contributed by atoms with E-state index in [4.69, 9.17) is 0 Å². The van der Waals surface area contributed by atoms with Crippen molar-refractivity contribution in [2.24, 2.45) is 11.8 Å². The van der Waals surface area contributed by atoms with Gasteiger partial charge in [-0.15, -0.1) is 0 Å². The van der Waals surface area contributed by atoms with Gasteiger partial charge in [0.25, 0.3) is 0 Å². The molecule has 2 fully saturated rings. The Morgan fingerprint density at radius 1 is 1.15 bits per heavy atom. The lowest BCUT2D eigenvalue weighted by Crippen LogP contribution is -2.61. The standard InChI is InChI=1S/C18H36N2/c1-5-13-19-17(16-10-8-9-15(2)14-16)18(20(3)4)11-6-7-12-18/h15-17,19H,5-14H2,1-4H3. The number of hydrogen-bond donors (Lipinski definition) is 1. The third-order valence-electron chi connectivity index (χ3n) is 6.00. The summed E-state index contributed by atoms with van der Waals surface area (Å²) in [6, 6.07) is 0.711. The van der Waals surface area contributed by atoms with Crippen LogP contribution in [-0.2, 0) is 0 Å². The van der Waals surface area contributed by atoms with Gasteiger partial charge in [0, 0.05) is 11.6 Å². The molecule has 0 saturated heterocycles. The molecular formula is C18H36N2. The summed E-state index contributed by atoms with van der Waals surface area (Å²) >= 11 is 0. The smallest absolute Gasteiger partial charge is 0.0359 e. The van der Waals surface area contributed by atoms with Crippen molar-refractivity contribution in [1.29, 1.82) is 0 Å². The van der Waals surface area contributed by atoms with Crippen LogP contribution in [0, 0.1) is 11.8 Å². The van der Waals surface area contributed by atoms with Crippen LogP contribution in [-0.4, -0.2) is 37.1 Å². The molecule has 0 bridgehead atoms. The largest absolute Gasteiger partial charge is 0.312 e. The zero-order valence-corrected chi connectivity index (χ0v) is 14.3. The molecule has 2 nitrogen and oxygen atoms in total. The molecule has 20 heavy (non-hydrogen) atoms. The second-order valence-electron chi connectivity index (χ2n) is 7.67. The summed E-state index contributed by atoms with van der Waals surface area (Å²) in [4.78, 5) is 2.56. The van der Waals surface area contributed by atoms with Gasteiger partial charge in [-0.25, -0.2) is 0 Å². The number of nitrogens with zero attached hydrogens (tertiary/aromatic N) is 1. The fourth-order valence-electron chi connectivity index (χ4n) is 4.90. The molecule has 3 unspecified atom stereocenters. The van der Waals surface area contributed by atoms with E-state index in [0.717, 1.165) is 11.8 Å². The summed E-state index contributed by atoms with van der Waals surface area (Å²) in [7, 11) is 4.64. The quantitative estimate of drug-likeness (QED) is 0.789. The molecule has 0 aliphatic heterocycles. The average Bonchev–Trinajstić information content (AvgIpc) is 2.90. The monoisotopic (exact) mass is 280 g/mol. The molecule has 0 radical (unpaired) electrons. The maximum absolute atomic E-state index is 3.98. The van der Waals surface area contributed by atoms with E-state index in [9.17, 15) is 0 Å². The van der Waals surface area contributed by atoms with Crippen LogP contribution in [0.25, 0.3) is 0 Å². The molecule has 2 heteroatoms. The second kappa shape index (κ2) is 7.26. The molecule has 1 N–H and O–H groups in total. The lowest BCUT2D eigenvalue weighted by atomic mass is 9.71. The van der Waals surface area contributed by atoms with Crippen LogP contribution in [0.3, 0.4) is 0 Å². The lowest BCUT2D eigenvalue weighted by Gasteiger charge is -2.49. The fourth-order valence-corrected chi connectivity index (χ4v) is 4.90. The Hall–Kier alpha value is -0.0800. The van der Waals surface area contributed by atoms with E-state index in [0.29, 0.717) is 11.6 Å². The van der Waals surface area contributed by atoms with Crippen molar-refractivity contribution in [2.75, 3.05) is 20.6 Å². The van der Waals surface area contributed by atoms with Gasteiger partial charge in [-0.05, 0) is 64.6 Å². The summed E-state index contributed by atoms with van der Waals surface area (Å²) in [6.07, 6.45) is 12.7. The van der Waals surface area contributed by atoms with Gasteiger partial charge in [-0.3, -0.25) is 0 Å². The molecule has 2 saturated carbocycles. The number of hydrogen-bond acceptors (Lipinski definition) is 2. The van der Waals surface area contributed by atoms with Crippen molar-refractivity contribution in [1.82, 2.24) is 10.2 Å². The molecule has 0 spiro atoms. The SMILES string of the molecule is CCCNC(C1CCCC(C)C1)C1(N(C)C)CCCC1. The summed E-state index contributed by atoms with van der Waals surface area (Å²) in [5, 5.41) is 3.98. The first-order valence-corrected chi connectivity index (χ1v) is 9.01. The first-order valence-electron chi connectivity index (χ1n) is 9.01. The molecule has 0 aromatic heterocycles. The maximum Gasteiger partial charge on any atom is 0.0359 e. The molecule has 0 aromatic rings. The highest BCUT2D eigenvalue weighted by atomic mass is 15.2. The highest BCUT2D eigenvalue weighted by molar-refractivity contribution is 5.05. The minimum atomic E-state index is 0.427. The van der Waals surface area contributed by atoms with Crippen molar-refractivity contribution >= 4 is 0 Å². The molecule has 2 rings (SSSR count). The molecule has 3 atom stereocenters. The van der Waals surface area contributed by atoms with Crippen LogP contribution in [0.15, 0.2) is 0 Å². The topological polar surface area (TPSA) is 15.3 Å². The molecular weight excluding hydrogens is 244 g/mol. The first kappa shape index (κ1) is 16.3. The molecule has 0 amide bonds. The molecule has 0 heterocycles. The van der Waals surface area contributed by atoms with Crippen molar-refractivity contribution in [2.45, 2.75) is 83.2 Å². The zero-order chi connectivity index (χ0) is 14.6. The predicted octanol–water partition coefficient (Wildman–Crippen LogP) is 4.06. The van der Waals surface area contributed by atoms with Crippen LogP contribution in [0.4, 0.5) is 0 Å². The van der Waals surface area contributed by atoms with E-state index in [1.165, 1.54) is 64.3 Å². The average molecular weight is 280 g/mol. The summed E-state index contributed by atoms with van der Waals surface area (Å²) < 4.78 is 0. The van der Waals surface area contributed by atoms with Gasteiger partial charge in [0.15, 0.2) is 0 Å². The minimum absolute atomic E-state index is 0.427. The molecule has 2 aliphatic rings. The minimum Gasteiger partial charge on any atom is -0.312 e. The number of nitrogens with one attached hydrogen (secondary N) is 1. The Morgan fingerprint density at radius 2 is 1.85 bits per heavy atom. The summed E-state index contributed by atoms with van der Waals surface area (Å²) in [5.74, 6) is 1.83. The van der Waals surface area contributed by atoms with Crippen LogP contribution < -0.4 is 5.32 Å². The Bertz CT molecular complexity index is 281. The van der Waals surface area contributed by atoms with Crippen molar-refractivity contribution in [3.63, 3.8) is 0 Å². The van der Waals surface area contributed by atoms with Crippen molar-refractivity contribution in [3.05, 3.63) is 0 Å². The van der Waals surface area contributed by atoms with Crippen LogP contribution in [0.5, 0.6) is 0 Å². The highest BCUT2D eigenvalue weighted by Gasteiger charge is 2.46. The van der Waals surface area contributed by atoms with Gasteiger partial charge < -0.3 is 10.2 Å². The van der Waals surface area contributed by atoms with Gasteiger partial charge in [-0.2, -0.15) is 0 Å². The summed E-state index contributed by atoms with van der Waals surface area (Å²) in [5.41, 5.74) is 0.427. The Balaban J connectivity index is 2.16. The van der Waals surface area contributed by atoms with E-state index in [-0.39, 0.29) is 0 Å². The highest BCUT2D eigenvalue weighted by Crippen LogP contribution is 2.43.